The average molecular weight is 209 g/mol. The molecule has 0 saturated carbocycles. The van der Waals surface area contributed by atoms with E-state index in [1.54, 1.807) is 0 Å². The van der Waals surface area contributed by atoms with E-state index in [9.17, 15) is 0 Å². The fourth-order valence-corrected chi connectivity index (χ4v) is 1.96. The number of hydrogen-bond donors (Lipinski definition) is 1. The van der Waals surface area contributed by atoms with Crippen molar-refractivity contribution in [3.8, 4) is 12.3 Å². The van der Waals surface area contributed by atoms with E-state index in [4.69, 9.17) is 6.42 Å². The van der Waals surface area contributed by atoms with Gasteiger partial charge in [0, 0.05) is 38.3 Å². The van der Waals surface area contributed by atoms with Crippen LogP contribution in [-0.4, -0.2) is 61.7 Å². The fraction of sp³-hybridized carbons (Fsp3) is 0.833. The van der Waals surface area contributed by atoms with Crippen LogP contribution in [0.1, 0.15) is 13.8 Å². The van der Waals surface area contributed by atoms with Gasteiger partial charge in [-0.15, -0.1) is 6.42 Å². The lowest BCUT2D eigenvalue weighted by Crippen LogP contribution is -2.57. The number of nitrogens with one attached hydrogen (secondary N) is 1. The van der Waals surface area contributed by atoms with Crippen LogP contribution in [0.15, 0.2) is 0 Å². The minimum Gasteiger partial charge on any atom is -0.304 e. The van der Waals surface area contributed by atoms with Gasteiger partial charge in [-0.2, -0.15) is 0 Å². The second-order valence-corrected chi connectivity index (χ2v) is 4.91. The lowest BCUT2D eigenvalue weighted by molar-refractivity contribution is 0.0627. The van der Waals surface area contributed by atoms with Crippen molar-refractivity contribution in [2.24, 2.45) is 0 Å². The Bertz CT molecular complexity index is 222. The first-order valence-electron chi connectivity index (χ1n) is 5.64. The zero-order chi connectivity index (χ0) is 11.3. The summed E-state index contributed by atoms with van der Waals surface area (Å²) in [5.74, 6) is 2.61. The molecular weight excluding hydrogens is 186 g/mol. The summed E-state index contributed by atoms with van der Waals surface area (Å²) in [5, 5.41) is 3.29. The molecule has 0 aromatic heterocycles. The topological polar surface area (TPSA) is 18.5 Å². The molecule has 0 spiro atoms. The highest BCUT2D eigenvalue weighted by atomic mass is 15.3. The van der Waals surface area contributed by atoms with Crippen LogP contribution in [-0.2, 0) is 0 Å². The molecule has 3 heteroatoms. The second-order valence-electron chi connectivity index (χ2n) is 4.91. The summed E-state index contributed by atoms with van der Waals surface area (Å²) in [6.07, 6.45) is 5.22. The Hall–Kier alpha value is -0.560. The predicted molar refractivity (Wildman–Crippen MR) is 64.9 cm³/mol. The van der Waals surface area contributed by atoms with Crippen LogP contribution in [0.4, 0.5) is 0 Å². The Labute approximate surface area is 93.8 Å². The molecule has 1 rings (SSSR count). The number of hydrogen-bond acceptors (Lipinski definition) is 3. The first kappa shape index (κ1) is 12.5. The molecule has 0 aromatic carbocycles. The third-order valence-electron chi connectivity index (χ3n) is 3.14. The maximum Gasteiger partial charge on any atom is 0.0574 e. The van der Waals surface area contributed by atoms with Gasteiger partial charge in [-0.05, 0) is 20.9 Å². The summed E-state index contributed by atoms with van der Waals surface area (Å²) >= 11 is 0. The third-order valence-corrected chi connectivity index (χ3v) is 3.14. The highest BCUT2D eigenvalue weighted by Gasteiger charge is 2.28. The van der Waals surface area contributed by atoms with Gasteiger partial charge in [0.2, 0.25) is 0 Å². The summed E-state index contributed by atoms with van der Waals surface area (Å²) in [7, 11) is 2.18. The van der Waals surface area contributed by atoms with Crippen molar-refractivity contribution in [2.75, 3.05) is 46.3 Å². The van der Waals surface area contributed by atoms with Crippen LogP contribution < -0.4 is 5.32 Å². The molecule has 1 saturated heterocycles. The average Bonchev–Trinajstić information content (AvgIpc) is 2.18. The van der Waals surface area contributed by atoms with Gasteiger partial charge in [0.25, 0.3) is 0 Å². The lowest BCUT2D eigenvalue weighted by Gasteiger charge is -2.43. The van der Waals surface area contributed by atoms with Crippen molar-refractivity contribution in [3.63, 3.8) is 0 Å². The molecule has 0 unspecified atom stereocenters. The molecule has 1 fully saturated rings. The molecular formula is C12H23N3. The summed E-state index contributed by atoms with van der Waals surface area (Å²) in [6, 6.07) is 0. The maximum atomic E-state index is 5.22. The lowest BCUT2D eigenvalue weighted by atomic mass is 10.0. The van der Waals surface area contributed by atoms with Crippen molar-refractivity contribution in [1.82, 2.24) is 15.1 Å². The Morgan fingerprint density at radius 3 is 2.40 bits per heavy atom. The zero-order valence-electron chi connectivity index (χ0n) is 10.2. The van der Waals surface area contributed by atoms with Gasteiger partial charge in [-0.1, -0.05) is 5.92 Å². The van der Waals surface area contributed by atoms with E-state index in [-0.39, 0.29) is 5.54 Å². The van der Waals surface area contributed by atoms with Crippen molar-refractivity contribution >= 4 is 0 Å². The summed E-state index contributed by atoms with van der Waals surface area (Å²) in [6.45, 7) is 10.8. The van der Waals surface area contributed by atoms with Gasteiger partial charge in [0.15, 0.2) is 0 Å². The molecule has 1 aliphatic rings. The summed E-state index contributed by atoms with van der Waals surface area (Å²) < 4.78 is 0. The van der Waals surface area contributed by atoms with Crippen LogP contribution in [0.2, 0.25) is 0 Å². The molecule has 0 bridgehead atoms. The monoisotopic (exact) mass is 209 g/mol. The Kier molecular flexibility index (Phi) is 4.59. The van der Waals surface area contributed by atoms with Gasteiger partial charge in [-0.3, -0.25) is 4.90 Å². The molecule has 0 radical (unpaired) electrons. The number of terminal acetylenes is 1. The molecule has 0 aliphatic carbocycles. The first-order valence-corrected chi connectivity index (χ1v) is 5.64. The van der Waals surface area contributed by atoms with E-state index in [2.05, 4.69) is 41.9 Å². The standard InChI is InChI=1S/C12H23N3/c1-5-6-13-11-12(2,3)15-9-7-14(4)8-10-15/h1,13H,6-11H2,2-4H3. The van der Waals surface area contributed by atoms with Crippen molar-refractivity contribution < 1.29 is 0 Å². The Morgan fingerprint density at radius 2 is 1.87 bits per heavy atom. The molecule has 0 aromatic rings. The predicted octanol–water partition coefficient (Wildman–Crippen LogP) is 0.235. The molecule has 3 nitrogen and oxygen atoms in total. The number of nitrogens with zero attached hydrogens (tertiary/aromatic N) is 2. The molecule has 1 heterocycles. The Balaban J connectivity index is 2.36. The van der Waals surface area contributed by atoms with Crippen LogP contribution in [0.5, 0.6) is 0 Å². The largest absolute Gasteiger partial charge is 0.304 e. The number of rotatable bonds is 4. The smallest absolute Gasteiger partial charge is 0.0574 e. The van der Waals surface area contributed by atoms with E-state index >= 15 is 0 Å². The normalized spacial score (nSPS) is 20.1. The molecule has 1 N–H and O–H groups in total. The molecule has 86 valence electrons. The zero-order valence-corrected chi connectivity index (χ0v) is 10.2. The minimum absolute atomic E-state index is 0.206. The second kappa shape index (κ2) is 5.50. The van der Waals surface area contributed by atoms with Gasteiger partial charge < -0.3 is 10.2 Å². The van der Waals surface area contributed by atoms with E-state index in [0.29, 0.717) is 6.54 Å². The summed E-state index contributed by atoms with van der Waals surface area (Å²) in [5.41, 5.74) is 0.206. The van der Waals surface area contributed by atoms with Gasteiger partial charge in [0.05, 0.1) is 6.54 Å². The van der Waals surface area contributed by atoms with E-state index in [0.717, 1.165) is 19.6 Å². The molecule has 1 aliphatic heterocycles. The highest BCUT2D eigenvalue weighted by Crippen LogP contribution is 2.15. The highest BCUT2D eigenvalue weighted by molar-refractivity contribution is 4.91. The minimum atomic E-state index is 0.206. The SMILES string of the molecule is C#CCNCC(C)(C)N1CCN(C)CC1. The number of likely N-dealkylation sites (N-methyl/N-ethyl adjacent to an activating group) is 1. The summed E-state index contributed by atoms with van der Waals surface area (Å²) in [4.78, 5) is 4.91. The van der Waals surface area contributed by atoms with E-state index < -0.39 is 0 Å². The van der Waals surface area contributed by atoms with Crippen LogP contribution >= 0.6 is 0 Å². The van der Waals surface area contributed by atoms with Crippen LogP contribution in [0.25, 0.3) is 0 Å². The third kappa shape index (κ3) is 3.83. The maximum absolute atomic E-state index is 5.22. The molecule has 0 atom stereocenters. The molecule has 0 amide bonds. The van der Waals surface area contributed by atoms with Crippen molar-refractivity contribution in [3.05, 3.63) is 0 Å². The van der Waals surface area contributed by atoms with Gasteiger partial charge >= 0.3 is 0 Å². The Morgan fingerprint density at radius 1 is 1.27 bits per heavy atom. The van der Waals surface area contributed by atoms with Gasteiger partial charge in [-0.25, -0.2) is 0 Å². The number of piperazine rings is 1. The first-order chi connectivity index (χ1) is 7.06. The molecule has 15 heavy (non-hydrogen) atoms. The van der Waals surface area contributed by atoms with Gasteiger partial charge in [0.1, 0.15) is 0 Å². The quantitative estimate of drug-likeness (QED) is 0.528. The van der Waals surface area contributed by atoms with Crippen LogP contribution in [0.3, 0.4) is 0 Å². The fourth-order valence-electron chi connectivity index (χ4n) is 1.96. The van der Waals surface area contributed by atoms with Crippen LogP contribution in [0, 0.1) is 12.3 Å². The van der Waals surface area contributed by atoms with Crippen molar-refractivity contribution in [1.29, 1.82) is 0 Å². The van der Waals surface area contributed by atoms with E-state index in [1.807, 2.05) is 0 Å². The van der Waals surface area contributed by atoms with E-state index in [1.165, 1.54) is 13.1 Å². The van der Waals surface area contributed by atoms with Crippen molar-refractivity contribution in [2.45, 2.75) is 19.4 Å².